The summed E-state index contributed by atoms with van der Waals surface area (Å²) < 4.78 is 0. The Balaban J connectivity index is 0.000000370. The van der Waals surface area contributed by atoms with Crippen molar-refractivity contribution in [3.8, 4) is 0 Å². The van der Waals surface area contributed by atoms with Crippen LogP contribution in [-0.4, -0.2) is 23.5 Å². The van der Waals surface area contributed by atoms with Crippen molar-refractivity contribution in [1.29, 1.82) is 0 Å². The highest BCUT2D eigenvalue weighted by molar-refractivity contribution is 6.21. The molecule has 0 saturated heterocycles. The lowest BCUT2D eigenvalue weighted by molar-refractivity contribution is -0.123. The highest BCUT2D eigenvalue weighted by atomic mass is 16.3. The molecule has 0 bridgehead atoms. The molecule has 20 heavy (non-hydrogen) atoms. The Morgan fingerprint density at radius 1 is 1.05 bits per heavy atom. The van der Waals surface area contributed by atoms with Gasteiger partial charge >= 0.3 is 0 Å². The van der Waals surface area contributed by atoms with Gasteiger partial charge in [-0.25, -0.2) is 0 Å². The number of nitrogens with one attached hydrogen (secondary N) is 1. The minimum absolute atomic E-state index is 0.172. The molecule has 4 heteroatoms. The first kappa shape index (κ1) is 17.5. The van der Waals surface area contributed by atoms with Crippen LogP contribution >= 0.6 is 0 Å². The number of amides is 2. The van der Waals surface area contributed by atoms with Gasteiger partial charge in [0.1, 0.15) is 0 Å². The second kappa shape index (κ2) is 9.47. The third-order valence-electron chi connectivity index (χ3n) is 2.41. The van der Waals surface area contributed by atoms with Crippen molar-refractivity contribution >= 4 is 11.8 Å². The van der Waals surface area contributed by atoms with E-state index in [-0.39, 0.29) is 6.61 Å². The Labute approximate surface area is 119 Å². The van der Waals surface area contributed by atoms with Crippen LogP contribution in [0.1, 0.15) is 6.42 Å². The van der Waals surface area contributed by atoms with Crippen molar-refractivity contribution < 1.29 is 14.7 Å². The summed E-state index contributed by atoms with van der Waals surface area (Å²) in [6.07, 6.45) is 8.60. The van der Waals surface area contributed by atoms with Gasteiger partial charge in [-0.2, -0.15) is 0 Å². The van der Waals surface area contributed by atoms with Gasteiger partial charge in [-0.15, -0.1) is 0 Å². The summed E-state index contributed by atoms with van der Waals surface area (Å²) in [5.41, 5.74) is 1.61. The van der Waals surface area contributed by atoms with Gasteiger partial charge in [0.05, 0.1) is 11.1 Å². The van der Waals surface area contributed by atoms with E-state index >= 15 is 0 Å². The quantitative estimate of drug-likeness (QED) is 0.574. The van der Waals surface area contributed by atoms with Gasteiger partial charge in [-0.05, 0) is 12.0 Å². The third-order valence-corrected chi connectivity index (χ3v) is 2.41. The molecule has 4 nitrogen and oxygen atoms in total. The zero-order valence-corrected chi connectivity index (χ0v) is 11.4. The monoisotopic (exact) mass is 273 g/mol. The topological polar surface area (TPSA) is 66.4 Å². The Morgan fingerprint density at radius 2 is 1.55 bits per heavy atom. The third kappa shape index (κ3) is 5.04. The summed E-state index contributed by atoms with van der Waals surface area (Å²) in [6.45, 7) is 14.1. The Morgan fingerprint density at radius 3 is 1.85 bits per heavy atom. The lowest BCUT2D eigenvalue weighted by Gasteiger charge is -1.93. The molecule has 0 aliphatic carbocycles. The summed E-state index contributed by atoms with van der Waals surface area (Å²) in [6, 6.07) is 0. The van der Waals surface area contributed by atoms with Gasteiger partial charge in [0.15, 0.2) is 0 Å². The molecule has 1 heterocycles. The molecule has 0 radical (unpaired) electrons. The molecule has 1 rings (SSSR count). The van der Waals surface area contributed by atoms with Crippen LogP contribution in [0.3, 0.4) is 0 Å². The van der Waals surface area contributed by atoms with E-state index < -0.39 is 11.8 Å². The molecule has 1 aliphatic heterocycles. The number of allylic oxidation sites excluding steroid dienone is 3. The Kier molecular flexibility index (Phi) is 8.30. The van der Waals surface area contributed by atoms with Gasteiger partial charge < -0.3 is 5.11 Å². The minimum Gasteiger partial charge on any atom is -0.396 e. The van der Waals surface area contributed by atoms with Crippen LogP contribution in [0.4, 0.5) is 0 Å². The van der Waals surface area contributed by atoms with Gasteiger partial charge in [0.2, 0.25) is 0 Å². The van der Waals surface area contributed by atoms with Gasteiger partial charge in [-0.1, -0.05) is 56.7 Å². The van der Waals surface area contributed by atoms with E-state index in [1.54, 1.807) is 12.2 Å². The molecule has 0 fully saturated rings. The van der Waals surface area contributed by atoms with Crippen molar-refractivity contribution in [3.05, 3.63) is 73.4 Å². The minimum atomic E-state index is -0.403. The zero-order chi connectivity index (χ0) is 15.5. The number of aliphatic hydroxyl groups excluding tert-OH is 1. The molecule has 0 aromatic heterocycles. The molecule has 0 aromatic carbocycles. The van der Waals surface area contributed by atoms with Gasteiger partial charge in [0, 0.05) is 6.61 Å². The number of carbonyl (C=O) groups excluding carboxylic acids is 2. The van der Waals surface area contributed by atoms with Crippen LogP contribution in [0.2, 0.25) is 0 Å². The lowest BCUT2D eigenvalue weighted by atomic mass is 10.1. The molecule has 0 unspecified atom stereocenters. The second-order valence-electron chi connectivity index (χ2n) is 3.67. The van der Waals surface area contributed by atoms with Gasteiger partial charge in [-0.3, -0.25) is 14.9 Å². The first-order chi connectivity index (χ1) is 9.55. The van der Waals surface area contributed by atoms with E-state index in [2.05, 4.69) is 31.6 Å². The van der Waals surface area contributed by atoms with Crippen molar-refractivity contribution in [1.82, 2.24) is 5.32 Å². The van der Waals surface area contributed by atoms with Crippen LogP contribution in [0, 0.1) is 0 Å². The molecule has 0 aromatic rings. The SMILES string of the molecule is C=C/C=C(\C=C)CCO.C=CC1=C(C=C)C(=O)NC1=O. The number of hydrogen-bond acceptors (Lipinski definition) is 3. The van der Waals surface area contributed by atoms with E-state index in [9.17, 15) is 9.59 Å². The molecular weight excluding hydrogens is 254 g/mol. The largest absolute Gasteiger partial charge is 0.396 e. The molecule has 1 aliphatic rings. The first-order valence-corrected chi connectivity index (χ1v) is 5.95. The van der Waals surface area contributed by atoms with Crippen molar-refractivity contribution in [3.63, 3.8) is 0 Å². The van der Waals surface area contributed by atoms with Crippen molar-refractivity contribution in [2.75, 3.05) is 6.61 Å². The fourth-order valence-corrected chi connectivity index (χ4v) is 1.42. The second-order valence-corrected chi connectivity index (χ2v) is 3.67. The van der Waals surface area contributed by atoms with Gasteiger partial charge in [0.25, 0.3) is 11.8 Å². The predicted octanol–water partition coefficient (Wildman–Crippen LogP) is 1.98. The summed E-state index contributed by atoms with van der Waals surface area (Å²) in [5, 5.41) is 10.6. The maximum atomic E-state index is 10.9. The maximum Gasteiger partial charge on any atom is 0.258 e. The van der Waals surface area contributed by atoms with Crippen molar-refractivity contribution in [2.45, 2.75) is 6.42 Å². The first-order valence-electron chi connectivity index (χ1n) is 5.95. The Hall–Kier alpha value is -2.46. The molecule has 0 atom stereocenters. The summed E-state index contributed by atoms with van der Waals surface area (Å²) in [5.74, 6) is -0.806. The zero-order valence-electron chi connectivity index (χ0n) is 11.4. The smallest absolute Gasteiger partial charge is 0.258 e. The molecular formula is C16H19NO3. The van der Waals surface area contributed by atoms with Crippen molar-refractivity contribution in [2.24, 2.45) is 0 Å². The van der Waals surface area contributed by atoms with E-state index in [4.69, 9.17) is 5.11 Å². The predicted molar refractivity (Wildman–Crippen MR) is 80.7 cm³/mol. The standard InChI is InChI=1S/C8H7NO2.C8H12O/c1-3-5-6(4-2)8(11)9-7(5)10;1-3-5-8(4-2)6-7-9/h3-4H,1-2H2,(H,9,10,11);3-5,9H,1-2,6-7H2/b;8-5+. The molecule has 2 amide bonds. The van der Waals surface area contributed by atoms with Crippen LogP contribution in [0.15, 0.2) is 73.4 Å². The summed E-state index contributed by atoms with van der Waals surface area (Å²) in [7, 11) is 0. The van der Waals surface area contributed by atoms with Crippen LogP contribution in [0.5, 0.6) is 0 Å². The normalized spacial score (nSPS) is 14.2. The fourth-order valence-electron chi connectivity index (χ4n) is 1.42. The van der Waals surface area contributed by atoms with Crippen LogP contribution < -0.4 is 5.32 Å². The molecule has 0 spiro atoms. The van der Waals surface area contributed by atoms with E-state index in [0.29, 0.717) is 17.6 Å². The molecule has 0 saturated carbocycles. The molecule has 2 N–H and O–H groups in total. The number of aliphatic hydroxyl groups is 1. The number of hydrogen-bond donors (Lipinski definition) is 2. The number of imide groups is 1. The molecule has 106 valence electrons. The number of rotatable bonds is 6. The lowest BCUT2D eigenvalue weighted by Crippen LogP contribution is -2.22. The van der Waals surface area contributed by atoms with E-state index in [1.165, 1.54) is 12.2 Å². The Bertz CT molecular complexity index is 468. The average molecular weight is 273 g/mol. The van der Waals surface area contributed by atoms with E-state index in [0.717, 1.165) is 5.57 Å². The number of carbonyl (C=O) groups is 2. The fraction of sp³-hybridized carbons (Fsp3) is 0.125. The maximum absolute atomic E-state index is 10.9. The van der Waals surface area contributed by atoms with Crippen LogP contribution in [0.25, 0.3) is 0 Å². The average Bonchev–Trinajstić information content (AvgIpc) is 2.72. The highest BCUT2D eigenvalue weighted by Crippen LogP contribution is 2.13. The van der Waals surface area contributed by atoms with Crippen LogP contribution in [-0.2, 0) is 9.59 Å². The van der Waals surface area contributed by atoms with E-state index in [1.807, 2.05) is 6.08 Å². The summed E-state index contributed by atoms with van der Waals surface area (Å²) >= 11 is 0. The highest BCUT2D eigenvalue weighted by Gasteiger charge is 2.25. The summed E-state index contributed by atoms with van der Waals surface area (Å²) in [4.78, 5) is 21.8.